The summed E-state index contributed by atoms with van der Waals surface area (Å²) < 4.78 is 0. The van der Waals surface area contributed by atoms with Gasteiger partial charge in [0.05, 0.1) is 0 Å². The van der Waals surface area contributed by atoms with E-state index in [1.165, 1.54) is 30.5 Å². The van der Waals surface area contributed by atoms with Crippen molar-refractivity contribution in [2.24, 2.45) is 0 Å². The van der Waals surface area contributed by atoms with E-state index < -0.39 is 0 Å². The molecular formula is C16H27N3. The van der Waals surface area contributed by atoms with Crippen molar-refractivity contribution in [1.82, 2.24) is 10.3 Å². The van der Waals surface area contributed by atoms with Crippen molar-refractivity contribution in [3.63, 3.8) is 0 Å². The molecule has 0 saturated heterocycles. The van der Waals surface area contributed by atoms with Crippen LogP contribution in [-0.4, -0.2) is 23.1 Å². The Morgan fingerprint density at radius 1 is 1.37 bits per heavy atom. The van der Waals surface area contributed by atoms with Crippen LogP contribution in [0.4, 0.5) is 5.69 Å². The number of nitrogens with zero attached hydrogens (tertiary/aromatic N) is 2. The van der Waals surface area contributed by atoms with E-state index in [0.717, 1.165) is 19.1 Å². The molecule has 1 saturated carbocycles. The molecule has 2 rings (SSSR count). The zero-order chi connectivity index (χ0) is 13.9. The predicted molar refractivity (Wildman–Crippen MR) is 81.5 cm³/mol. The molecule has 0 bridgehead atoms. The fourth-order valence-electron chi connectivity index (χ4n) is 2.32. The third-order valence-electron chi connectivity index (χ3n) is 3.45. The normalized spacial score (nSPS) is 15.6. The molecule has 0 aromatic carbocycles. The minimum Gasteiger partial charge on any atom is -0.368 e. The molecule has 106 valence electrons. The maximum Gasteiger partial charge on any atom is 0.0445 e. The van der Waals surface area contributed by atoms with Crippen LogP contribution in [0.1, 0.15) is 52.5 Å². The zero-order valence-corrected chi connectivity index (χ0v) is 12.7. The summed E-state index contributed by atoms with van der Waals surface area (Å²) in [6.45, 7) is 10.9. The molecule has 0 aliphatic heterocycles. The first kappa shape index (κ1) is 14.3. The second-order valence-electron chi connectivity index (χ2n) is 6.53. The van der Waals surface area contributed by atoms with Crippen LogP contribution < -0.4 is 10.2 Å². The third kappa shape index (κ3) is 4.20. The van der Waals surface area contributed by atoms with E-state index in [2.05, 4.69) is 49.0 Å². The smallest absolute Gasteiger partial charge is 0.0445 e. The van der Waals surface area contributed by atoms with Gasteiger partial charge in [0.1, 0.15) is 0 Å². The van der Waals surface area contributed by atoms with Crippen LogP contribution in [0.2, 0.25) is 0 Å². The summed E-state index contributed by atoms with van der Waals surface area (Å²) in [6, 6.07) is 2.93. The SMILES string of the molecule is CCCN(c1ccncc1CNC(C)(C)C)C1CC1. The van der Waals surface area contributed by atoms with Crippen LogP contribution in [0.15, 0.2) is 18.5 Å². The van der Waals surface area contributed by atoms with Crippen LogP contribution in [-0.2, 0) is 6.54 Å². The van der Waals surface area contributed by atoms with E-state index in [1.807, 2.05) is 12.4 Å². The number of hydrogen-bond donors (Lipinski definition) is 1. The summed E-state index contributed by atoms with van der Waals surface area (Å²) in [7, 11) is 0. The molecular weight excluding hydrogens is 234 g/mol. The largest absolute Gasteiger partial charge is 0.368 e. The minimum atomic E-state index is 0.141. The van der Waals surface area contributed by atoms with E-state index >= 15 is 0 Å². The molecule has 3 nitrogen and oxygen atoms in total. The summed E-state index contributed by atoms with van der Waals surface area (Å²) >= 11 is 0. The molecule has 0 radical (unpaired) electrons. The highest BCUT2D eigenvalue weighted by molar-refractivity contribution is 5.54. The van der Waals surface area contributed by atoms with Crippen molar-refractivity contribution in [1.29, 1.82) is 0 Å². The maximum atomic E-state index is 4.30. The molecule has 0 unspecified atom stereocenters. The lowest BCUT2D eigenvalue weighted by Gasteiger charge is -2.28. The molecule has 1 aromatic rings. The average molecular weight is 261 g/mol. The lowest BCUT2D eigenvalue weighted by Crippen LogP contribution is -2.36. The van der Waals surface area contributed by atoms with E-state index in [-0.39, 0.29) is 5.54 Å². The highest BCUT2D eigenvalue weighted by Crippen LogP contribution is 2.33. The zero-order valence-electron chi connectivity index (χ0n) is 12.7. The summed E-state index contributed by atoms with van der Waals surface area (Å²) in [5.74, 6) is 0. The van der Waals surface area contributed by atoms with Gasteiger partial charge in [-0.05, 0) is 46.1 Å². The Hall–Kier alpha value is -1.09. The van der Waals surface area contributed by atoms with Gasteiger partial charge in [0.15, 0.2) is 0 Å². The van der Waals surface area contributed by atoms with Crippen LogP contribution in [0.3, 0.4) is 0 Å². The first-order valence-electron chi connectivity index (χ1n) is 7.46. The van der Waals surface area contributed by atoms with Crippen LogP contribution in [0.5, 0.6) is 0 Å². The summed E-state index contributed by atoms with van der Waals surface area (Å²) in [6.07, 6.45) is 7.81. The standard InChI is InChI=1S/C16H27N3/c1-5-10-19(14-6-7-14)15-8-9-17-11-13(15)12-18-16(2,3)4/h8-9,11,14,18H,5-7,10,12H2,1-4H3. The van der Waals surface area contributed by atoms with Crippen molar-refractivity contribution in [2.75, 3.05) is 11.4 Å². The molecule has 1 aromatic heterocycles. The number of pyridine rings is 1. The Morgan fingerprint density at radius 2 is 2.11 bits per heavy atom. The fourth-order valence-corrected chi connectivity index (χ4v) is 2.32. The van der Waals surface area contributed by atoms with Gasteiger partial charge in [-0.25, -0.2) is 0 Å². The Labute approximate surface area is 117 Å². The molecule has 19 heavy (non-hydrogen) atoms. The number of rotatable bonds is 6. The van der Waals surface area contributed by atoms with Crippen molar-refractivity contribution in [3.8, 4) is 0 Å². The molecule has 3 heteroatoms. The summed E-state index contributed by atoms with van der Waals surface area (Å²) in [5, 5.41) is 3.57. The maximum absolute atomic E-state index is 4.30. The van der Waals surface area contributed by atoms with Crippen LogP contribution >= 0.6 is 0 Å². The molecule has 1 heterocycles. The fraction of sp³-hybridized carbons (Fsp3) is 0.688. The van der Waals surface area contributed by atoms with Gasteiger partial charge in [-0.2, -0.15) is 0 Å². The molecule has 1 fully saturated rings. The Bertz CT molecular complexity index is 405. The Morgan fingerprint density at radius 3 is 2.68 bits per heavy atom. The molecule has 0 spiro atoms. The van der Waals surface area contributed by atoms with E-state index in [4.69, 9.17) is 0 Å². The number of anilines is 1. The topological polar surface area (TPSA) is 28.2 Å². The highest BCUT2D eigenvalue weighted by atomic mass is 15.2. The second kappa shape index (κ2) is 5.91. The van der Waals surface area contributed by atoms with E-state index in [1.54, 1.807) is 0 Å². The average Bonchev–Trinajstić information content (AvgIpc) is 3.17. The monoisotopic (exact) mass is 261 g/mol. The first-order chi connectivity index (χ1) is 9.01. The van der Waals surface area contributed by atoms with Gasteiger partial charge >= 0.3 is 0 Å². The van der Waals surface area contributed by atoms with Gasteiger partial charge in [0.25, 0.3) is 0 Å². The number of hydrogen-bond acceptors (Lipinski definition) is 3. The van der Waals surface area contributed by atoms with Crippen LogP contribution in [0, 0.1) is 0 Å². The molecule has 1 aliphatic rings. The van der Waals surface area contributed by atoms with Gasteiger partial charge < -0.3 is 10.2 Å². The van der Waals surface area contributed by atoms with Gasteiger partial charge in [-0.1, -0.05) is 6.92 Å². The van der Waals surface area contributed by atoms with Gasteiger partial charge in [-0.15, -0.1) is 0 Å². The predicted octanol–water partition coefficient (Wildman–Crippen LogP) is 3.35. The van der Waals surface area contributed by atoms with Gasteiger partial charge in [-0.3, -0.25) is 4.98 Å². The van der Waals surface area contributed by atoms with Crippen molar-refractivity contribution >= 4 is 5.69 Å². The second-order valence-corrected chi connectivity index (χ2v) is 6.53. The Balaban J connectivity index is 2.14. The minimum absolute atomic E-state index is 0.141. The van der Waals surface area contributed by atoms with Gasteiger partial charge in [0, 0.05) is 48.3 Å². The molecule has 1 N–H and O–H groups in total. The van der Waals surface area contributed by atoms with E-state index in [0.29, 0.717) is 0 Å². The summed E-state index contributed by atoms with van der Waals surface area (Å²) in [5.41, 5.74) is 2.83. The quantitative estimate of drug-likeness (QED) is 0.851. The summed E-state index contributed by atoms with van der Waals surface area (Å²) in [4.78, 5) is 6.87. The number of nitrogens with one attached hydrogen (secondary N) is 1. The van der Waals surface area contributed by atoms with Crippen molar-refractivity contribution in [2.45, 2.75) is 65.1 Å². The lowest BCUT2D eigenvalue weighted by molar-refractivity contribution is 0.424. The van der Waals surface area contributed by atoms with Crippen molar-refractivity contribution < 1.29 is 0 Å². The third-order valence-corrected chi connectivity index (χ3v) is 3.45. The van der Waals surface area contributed by atoms with E-state index in [9.17, 15) is 0 Å². The molecule has 0 atom stereocenters. The van der Waals surface area contributed by atoms with Crippen LogP contribution in [0.25, 0.3) is 0 Å². The highest BCUT2D eigenvalue weighted by Gasteiger charge is 2.29. The first-order valence-corrected chi connectivity index (χ1v) is 7.46. The van der Waals surface area contributed by atoms with Crippen molar-refractivity contribution in [3.05, 3.63) is 24.0 Å². The lowest BCUT2D eigenvalue weighted by atomic mass is 10.1. The van der Waals surface area contributed by atoms with Gasteiger partial charge in [0.2, 0.25) is 0 Å². The Kier molecular flexibility index (Phi) is 4.46. The molecule has 1 aliphatic carbocycles. The number of aromatic nitrogens is 1. The molecule has 0 amide bonds.